The fourth-order valence-corrected chi connectivity index (χ4v) is 4.07. The van der Waals surface area contributed by atoms with Crippen molar-refractivity contribution in [2.24, 2.45) is 0 Å². The van der Waals surface area contributed by atoms with Crippen LogP contribution in [0.5, 0.6) is 0 Å². The maximum Gasteiger partial charge on any atom is 0.234 e. The third-order valence-corrected chi connectivity index (χ3v) is 5.82. The first-order valence-electron chi connectivity index (χ1n) is 9.58. The van der Waals surface area contributed by atoms with Crippen LogP contribution in [0.3, 0.4) is 0 Å². The lowest BCUT2D eigenvalue weighted by molar-refractivity contribution is -0.113. The highest BCUT2D eigenvalue weighted by molar-refractivity contribution is 7.99. The van der Waals surface area contributed by atoms with Crippen LogP contribution in [0.25, 0.3) is 11.3 Å². The van der Waals surface area contributed by atoms with Gasteiger partial charge in [-0.1, -0.05) is 42.1 Å². The molecule has 2 N–H and O–H groups in total. The van der Waals surface area contributed by atoms with Gasteiger partial charge in [0, 0.05) is 24.5 Å². The Balaban J connectivity index is 1.33. The Morgan fingerprint density at radius 2 is 1.96 bits per heavy atom. The van der Waals surface area contributed by atoms with Crippen molar-refractivity contribution < 1.29 is 4.79 Å². The molecule has 1 aliphatic rings. The van der Waals surface area contributed by atoms with E-state index in [4.69, 9.17) is 0 Å². The number of imidazole rings is 1. The topological polar surface area (TPSA) is 61.0 Å². The van der Waals surface area contributed by atoms with E-state index in [1.807, 2.05) is 43.3 Å². The number of aryl methyl sites for hydroxylation is 1. The zero-order valence-corrected chi connectivity index (χ0v) is 16.8. The second-order valence-electron chi connectivity index (χ2n) is 7.00. The molecule has 5 nitrogen and oxygen atoms in total. The van der Waals surface area contributed by atoms with Crippen molar-refractivity contribution in [3.05, 3.63) is 60.3 Å². The van der Waals surface area contributed by atoms with E-state index in [-0.39, 0.29) is 5.91 Å². The van der Waals surface area contributed by atoms with Crippen LogP contribution in [0.2, 0.25) is 0 Å². The highest BCUT2D eigenvalue weighted by Gasteiger charge is 2.14. The molecule has 2 aromatic carbocycles. The number of H-pyrrole nitrogens is 1. The van der Waals surface area contributed by atoms with Crippen LogP contribution in [0.15, 0.2) is 59.9 Å². The van der Waals surface area contributed by atoms with E-state index in [1.165, 1.54) is 30.3 Å². The molecule has 1 amide bonds. The lowest BCUT2D eigenvalue weighted by Gasteiger charge is -2.19. The number of nitrogens with one attached hydrogen (secondary N) is 2. The minimum absolute atomic E-state index is 0.0281. The Bertz CT molecular complexity index is 948. The van der Waals surface area contributed by atoms with Gasteiger partial charge in [0.15, 0.2) is 5.16 Å². The Kier molecular flexibility index (Phi) is 5.67. The summed E-state index contributed by atoms with van der Waals surface area (Å²) in [4.78, 5) is 22.4. The van der Waals surface area contributed by atoms with Crippen molar-refractivity contribution in [3.63, 3.8) is 0 Å². The van der Waals surface area contributed by atoms with E-state index >= 15 is 0 Å². The molecule has 0 spiro atoms. The van der Waals surface area contributed by atoms with Gasteiger partial charge in [-0.2, -0.15) is 0 Å². The van der Waals surface area contributed by atoms with Gasteiger partial charge in [0.1, 0.15) is 0 Å². The van der Waals surface area contributed by atoms with E-state index in [9.17, 15) is 4.79 Å². The van der Waals surface area contributed by atoms with Crippen molar-refractivity contribution in [2.45, 2.75) is 24.9 Å². The standard InChI is InChI=1S/C22H24N4OS/c1-16-13-18(26-11-5-6-12-26)9-10-19(16)24-21(27)15-28-22-23-14-20(25-22)17-7-3-2-4-8-17/h2-4,7-10,13-14H,5-6,11-12,15H2,1H3,(H,23,25)(H,24,27). The smallest absolute Gasteiger partial charge is 0.234 e. The normalized spacial score (nSPS) is 13.7. The predicted molar refractivity (Wildman–Crippen MR) is 116 cm³/mol. The quantitative estimate of drug-likeness (QED) is 0.596. The summed E-state index contributed by atoms with van der Waals surface area (Å²) in [6.45, 7) is 4.28. The van der Waals surface area contributed by atoms with Crippen molar-refractivity contribution in [2.75, 3.05) is 29.1 Å². The highest BCUT2D eigenvalue weighted by atomic mass is 32.2. The first-order valence-corrected chi connectivity index (χ1v) is 10.6. The Hall–Kier alpha value is -2.73. The summed E-state index contributed by atoms with van der Waals surface area (Å²) in [7, 11) is 0. The molecular formula is C22H24N4OS. The summed E-state index contributed by atoms with van der Waals surface area (Å²) in [5, 5.41) is 3.76. The molecule has 0 bridgehead atoms. The molecule has 6 heteroatoms. The number of benzene rings is 2. The number of nitrogens with zero attached hydrogens (tertiary/aromatic N) is 2. The Morgan fingerprint density at radius 3 is 2.71 bits per heavy atom. The van der Waals surface area contributed by atoms with Gasteiger partial charge in [-0.15, -0.1) is 0 Å². The third-order valence-electron chi connectivity index (χ3n) is 4.93. The third kappa shape index (κ3) is 4.39. The predicted octanol–water partition coefficient (Wildman–Crippen LogP) is 4.72. The van der Waals surface area contributed by atoms with Gasteiger partial charge in [0.2, 0.25) is 5.91 Å². The summed E-state index contributed by atoms with van der Waals surface area (Å²) in [5.74, 6) is 0.286. The number of aromatic nitrogens is 2. The number of aromatic amines is 1. The molecule has 1 aliphatic heterocycles. The van der Waals surface area contributed by atoms with Crippen LogP contribution in [-0.4, -0.2) is 34.7 Å². The number of amides is 1. The molecule has 0 aliphatic carbocycles. The summed E-state index contributed by atoms with van der Waals surface area (Å²) < 4.78 is 0. The van der Waals surface area contributed by atoms with Crippen LogP contribution >= 0.6 is 11.8 Å². The first kappa shape index (κ1) is 18.6. The van der Waals surface area contributed by atoms with Crippen molar-refractivity contribution in [1.29, 1.82) is 0 Å². The van der Waals surface area contributed by atoms with E-state index in [2.05, 4.69) is 32.3 Å². The zero-order chi connectivity index (χ0) is 19.3. The van der Waals surface area contributed by atoms with E-state index in [0.29, 0.717) is 5.75 Å². The van der Waals surface area contributed by atoms with Crippen LogP contribution in [0.1, 0.15) is 18.4 Å². The van der Waals surface area contributed by atoms with Gasteiger partial charge < -0.3 is 15.2 Å². The van der Waals surface area contributed by atoms with Crippen LogP contribution in [-0.2, 0) is 4.79 Å². The number of thioether (sulfide) groups is 1. The molecule has 3 aromatic rings. The molecule has 1 saturated heterocycles. The molecule has 0 unspecified atom stereocenters. The zero-order valence-electron chi connectivity index (χ0n) is 15.9. The summed E-state index contributed by atoms with van der Waals surface area (Å²) in [6, 6.07) is 16.3. The molecular weight excluding hydrogens is 368 g/mol. The number of hydrogen-bond acceptors (Lipinski definition) is 4. The molecule has 144 valence electrons. The van der Waals surface area contributed by atoms with Crippen LogP contribution in [0.4, 0.5) is 11.4 Å². The number of rotatable bonds is 6. The molecule has 0 saturated carbocycles. The fraction of sp³-hybridized carbons (Fsp3) is 0.273. The number of anilines is 2. The SMILES string of the molecule is Cc1cc(N2CCCC2)ccc1NC(=O)CSc1ncc(-c2ccccc2)[nH]1. The first-order chi connectivity index (χ1) is 13.7. The number of carbonyl (C=O) groups excluding carboxylic acids is 1. The minimum Gasteiger partial charge on any atom is -0.372 e. The van der Waals surface area contributed by atoms with E-state index in [1.54, 1.807) is 6.20 Å². The number of hydrogen-bond donors (Lipinski definition) is 2. The van der Waals surface area contributed by atoms with E-state index < -0.39 is 0 Å². The monoisotopic (exact) mass is 392 g/mol. The fourth-order valence-electron chi connectivity index (χ4n) is 3.42. The lowest BCUT2D eigenvalue weighted by Crippen LogP contribution is -2.18. The van der Waals surface area contributed by atoms with Gasteiger partial charge >= 0.3 is 0 Å². The average Bonchev–Trinajstić information content (AvgIpc) is 3.41. The summed E-state index contributed by atoms with van der Waals surface area (Å²) >= 11 is 1.41. The number of carbonyl (C=O) groups is 1. The minimum atomic E-state index is -0.0281. The highest BCUT2D eigenvalue weighted by Crippen LogP contribution is 2.26. The molecule has 1 fully saturated rings. The van der Waals surface area contributed by atoms with Gasteiger partial charge in [-0.3, -0.25) is 4.79 Å². The lowest BCUT2D eigenvalue weighted by atomic mass is 10.1. The van der Waals surface area contributed by atoms with Crippen LogP contribution in [0, 0.1) is 6.92 Å². The maximum atomic E-state index is 12.4. The van der Waals surface area contributed by atoms with Crippen LogP contribution < -0.4 is 10.2 Å². The van der Waals surface area contributed by atoms with E-state index in [0.717, 1.165) is 40.8 Å². The Labute approximate surface area is 169 Å². The van der Waals surface area contributed by atoms with Gasteiger partial charge in [-0.25, -0.2) is 4.98 Å². The van der Waals surface area contributed by atoms with Gasteiger partial charge in [0.05, 0.1) is 17.6 Å². The van der Waals surface area contributed by atoms with Crippen molar-refractivity contribution >= 4 is 29.0 Å². The second kappa shape index (κ2) is 8.52. The summed E-state index contributed by atoms with van der Waals surface area (Å²) in [5.41, 5.74) is 5.24. The average molecular weight is 393 g/mol. The molecule has 4 rings (SSSR count). The summed E-state index contributed by atoms with van der Waals surface area (Å²) in [6.07, 6.45) is 4.32. The van der Waals surface area contributed by atoms with Gasteiger partial charge in [-0.05, 0) is 49.1 Å². The molecule has 1 aromatic heterocycles. The second-order valence-corrected chi connectivity index (χ2v) is 7.96. The Morgan fingerprint density at radius 1 is 1.18 bits per heavy atom. The van der Waals surface area contributed by atoms with Crippen molar-refractivity contribution in [1.82, 2.24) is 9.97 Å². The molecule has 0 radical (unpaired) electrons. The maximum absolute atomic E-state index is 12.4. The molecule has 28 heavy (non-hydrogen) atoms. The molecule has 0 atom stereocenters. The van der Waals surface area contributed by atoms with Gasteiger partial charge in [0.25, 0.3) is 0 Å². The van der Waals surface area contributed by atoms with Crippen molar-refractivity contribution in [3.8, 4) is 11.3 Å². The largest absolute Gasteiger partial charge is 0.372 e. The molecule has 2 heterocycles.